The van der Waals surface area contributed by atoms with Crippen LogP contribution in [-0.2, 0) is 0 Å². The van der Waals surface area contributed by atoms with Gasteiger partial charge in [0, 0.05) is 6.04 Å². The maximum absolute atomic E-state index is 6.12. The van der Waals surface area contributed by atoms with E-state index in [4.69, 9.17) is 7.85 Å². The van der Waals surface area contributed by atoms with Gasteiger partial charge in [0.1, 0.15) is 0 Å². The molecule has 1 nitrogen and oxygen atoms in total. The summed E-state index contributed by atoms with van der Waals surface area (Å²) < 4.78 is 0. The Morgan fingerprint density at radius 1 is 1.07 bits per heavy atom. The van der Waals surface area contributed by atoms with Crippen molar-refractivity contribution in [2.75, 3.05) is 13.6 Å². The Balaban J connectivity index is 2.42. The van der Waals surface area contributed by atoms with E-state index in [1.165, 1.54) is 57.9 Å². The highest BCUT2D eigenvalue weighted by molar-refractivity contribution is 6.11. The topological polar surface area (TPSA) is 3.24 Å². The molecule has 0 aliphatic carbocycles. The van der Waals surface area contributed by atoms with Gasteiger partial charge >= 0.3 is 0 Å². The van der Waals surface area contributed by atoms with Gasteiger partial charge in [0.15, 0.2) is 0 Å². The van der Waals surface area contributed by atoms with Crippen molar-refractivity contribution in [2.45, 2.75) is 70.1 Å². The lowest BCUT2D eigenvalue weighted by Gasteiger charge is -2.27. The fourth-order valence-electron chi connectivity index (χ4n) is 2.59. The van der Waals surface area contributed by atoms with Gasteiger partial charge in [-0.2, -0.15) is 0 Å². The first kappa shape index (κ1) is 13.1. The largest absolute Gasteiger partial charge is 0.303 e. The molecule has 1 rings (SSSR count). The predicted molar refractivity (Wildman–Crippen MR) is 68.5 cm³/mol. The molecule has 0 aromatic carbocycles. The maximum Gasteiger partial charge on any atom is 0.0699 e. The van der Waals surface area contributed by atoms with Crippen LogP contribution in [0.1, 0.15) is 58.3 Å². The van der Waals surface area contributed by atoms with Crippen LogP contribution in [-0.4, -0.2) is 32.4 Å². The SMILES string of the molecule is [B]C1CCCCCCN(C)C(CC)CC1. The molecule has 0 spiro atoms. The summed E-state index contributed by atoms with van der Waals surface area (Å²) in [4.78, 5) is 2.54. The lowest BCUT2D eigenvalue weighted by atomic mass is 9.78. The van der Waals surface area contributed by atoms with Crippen molar-refractivity contribution in [3.8, 4) is 0 Å². The van der Waals surface area contributed by atoms with Crippen LogP contribution >= 0.6 is 0 Å². The zero-order chi connectivity index (χ0) is 11.1. The van der Waals surface area contributed by atoms with Crippen LogP contribution in [0, 0.1) is 0 Å². The van der Waals surface area contributed by atoms with E-state index in [0.717, 1.165) is 6.04 Å². The molecule has 1 heterocycles. The minimum atomic E-state index is 0.450. The summed E-state index contributed by atoms with van der Waals surface area (Å²) in [6.45, 7) is 3.57. The van der Waals surface area contributed by atoms with Crippen LogP contribution in [0.5, 0.6) is 0 Å². The normalized spacial score (nSPS) is 32.1. The van der Waals surface area contributed by atoms with Crippen LogP contribution in [0.15, 0.2) is 0 Å². The molecule has 86 valence electrons. The van der Waals surface area contributed by atoms with Gasteiger partial charge in [-0.05, 0) is 32.9 Å². The van der Waals surface area contributed by atoms with E-state index in [2.05, 4.69) is 18.9 Å². The van der Waals surface area contributed by atoms with E-state index in [1.54, 1.807) is 0 Å². The summed E-state index contributed by atoms with van der Waals surface area (Å²) in [5.41, 5.74) is 0. The van der Waals surface area contributed by atoms with Crippen molar-refractivity contribution in [1.82, 2.24) is 4.90 Å². The number of rotatable bonds is 1. The molecule has 0 N–H and O–H groups in total. The van der Waals surface area contributed by atoms with Gasteiger partial charge in [0.25, 0.3) is 0 Å². The van der Waals surface area contributed by atoms with Gasteiger partial charge in [-0.1, -0.05) is 44.8 Å². The highest BCUT2D eigenvalue weighted by Gasteiger charge is 2.14. The van der Waals surface area contributed by atoms with E-state index in [-0.39, 0.29) is 0 Å². The van der Waals surface area contributed by atoms with Crippen LogP contribution in [0.3, 0.4) is 0 Å². The third kappa shape index (κ3) is 5.06. The molecular formula is C13H26BN. The zero-order valence-electron chi connectivity index (χ0n) is 10.5. The summed E-state index contributed by atoms with van der Waals surface area (Å²) in [7, 11) is 8.39. The fraction of sp³-hybridized carbons (Fsp3) is 1.00. The lowest BCUT2D eigenvalue weighted by molar-refractivity contribution is 0.217. The summed E-state index contributed by atoms with van der Waals surface area (Å²) in [5.74, 6) is 0.450. The van der Waals surface area contributed by atoms with E-state index >= 15 is 0 Å². The third-order valence-electron chi connectivity index (χ3n) is 3.80. The Hall–Kier alpha value is 0.0249. The number of hydrogen-bond acceptors (Lipinski definition) is 1. The minimum Gasteiger partial charge on any atom is -0.303 e. The Labute approximate surface area is 97.0 Å². The Morgan fingerprint density at radius 3 is 2.53 bits per heavy atom. The third-order valence-corrected chi connectivity index (χ3v) is 3.80. The molecule has 0 bridgehead atoms. The monoisotopic (exact) mass is 207 g/mol. The molecule has 15 heavy (non-hydrogen) atoms. The van der Waals surface area contributed by atoms with E-state index in [9.17, 15) is 0 Å². The van der Waals surface area contributed by atoms with Crippen molar-refractivity contribution in [2.24, 2.45) is 0 Å². The molecule has 1 fully saturated rings. The second-order valence-electron chi connectivity index (χ2n) is 5.08. The van der Waals surface area contributed by atoms with Gasteiger partial charge in [-0.15, -0.1) is 0 Å². The van der Waals surface area contributed by atoms with Crippen LogP contribution < -0.4 is 0 Å². The molecule has 0 saturated carbocycles. The first-order chi connectivity index (χ1) is 7.24. The van der Waals surface area contributed by atoms with Gasteiger partial charge in [0.2, 0.25) is 0 Å². The van der Waals surface area contributed by atoms with Crippen molar-refractivity contribution >= 4 is 7.85 Å². The smallest absolute Gasteiger partial charge is 0.0699 e. The average Bonchev–Trinajstić information content (AvgIpc) is 2.26. The van der Waals surface area contributed by atoms with Gasteiger partial charge < -0.3 is 4.90 Å². The second kappa shape index (κ2) is 7.32. The standard InChI is InChI=1S/C13H26BN/c1-3-13-10-9-12(14)8-6-4-5-7-11-15(13)2/h12-13H,3-11H2,1-2H3. The quantitative estimate of drug-likeness (QED) is 0.595. The summed E-state index contributed by atoms with van der Waals surface area (Å²) in [5, 5.41) is 0. The molecular weight excluding hydrogens is 181 g/mol. The number of hydrogen-bond donors (Lipinski definition) is 0. The summed E-state index contributed by atoms with van der Waals surface area (Å²) >= 11 is 0. The van der Waals surface area contributed by atoms with Crippen LogP contribution in [0.4, 0.5) is 0 Å². The van der Waals surface area contributed by atoms with E-state index in [1.807, 2.05) is 0 Å². The average molecular weight is 207 g/mol. The van der Waals surface area contributed by atoms with Crippen molar-refractivity contribution < 1.29 is 0 Å². The summed E-state index contributed by atoms with van der Waals surface area (Å²) in [6, 6.07) is 0.758. The molecule has 1 aliphatic rings. The van der Waals surface area contributed by atoms with Crippen molar-refractivity contribution in [3.05, 3.63) is 0 Å². The van der Waals surface area contributed by atoms with Gasteiger partial charge in [0.05, 0.1) is 7.85 Å². The van der Waals surface area contributed by atoms with Gasteiger partial charge in [-0.3, -0.25) is 0 Å². The molecule has 2 unspecified atom stereocenters. The molecule has 2 radical (unpaired) electrons. The fourth-order valence-corrected chi connectivity index (χ4v) is 2.59. The first-order valence-electron chi connectivity index (χ1n) is 6.70. The highest BCUT2D eigenvalue weighted by atomic mass is 15.1. The molecule has 0 amide bonds. The first-order valence-corrected chi connectivity index (χ1v) is 6.70. The van der Waals surface area contributed by atoms with Crippen LogP contribution in [0.2, 0.25) is 5.82 Å². The zero-order valence-corrected chi connectivity index (χ0v) is 10.5. The van der Waals surface area contributed by atoms with E-state index in [0.29, 0.717) is 5.82 Å². The Bertz CT molecular complexity index is 161. The molecule has 0 aromatic heterocycles. The molecule has 1 aliphatic heterocycles. The number of nitrogens with zero attached hydrogens (tertiary/aromatic N) is 1. The maximum atomic E-state index is 6.12. The lowest BCUT2D eigenvalue weighted by Crippen LogP contribution is -2.32. The molecule has 2 atom stereocenters. The molecule has 0 aromatic rings. The van der Waals surface area contributed by atoms with E-state index < -0.39 is 0 Å². The predicted octanol–water partition coefficient (Wildman–Crippen LogP) is 3.40. The molecule has 2 heteroatoms. The second-order valence-corrected chi connectivity index (χ2v) is 5.08. The Morgan fingerprint density at radius 2 is 1.80 bits per heavy atom. The minimum absolute atomic E-state index is 0.450. The van der Waals surface area contributed by atoms with Gasteiger partial charge in [-0.25, -0.2) is 0 Å². The highest BCUT2D eigenvalue weighted by Crippen LogP contribution is 2.23. The van der Waals surface area contributed by atoms with Crippen molar-refractivity contribution in [3.63, 3.8) is 0 Å². The summed E-state index contributed by atoms with van der Waals surface area (Å²) in [6.07, 6.45) is 10.5. The Kier molecular flexibility index (Phi) is 6.39. The van der Waals surface area contributed by atoms with Crippen LogP contribution in [0.25, 0.3) is 0 Å². The van der Waals surface area contributed by atoms with Crippen molar-refractivity contribution in [1.29, 1.82) is 0 Å². The molecule has 1 saturated heterocycles.